The van der Waals surface area contributed by atoms with Crippen molar-refractivity contribution in [1.29, 1.82) is 0 Å². The highest BCUT2D eigenvalue weighted by molar-refractivity contribution is 5.88. The van der Waals surface area contributed by atoms with Gasteiger partial charge in [0.1, 0.15) is 0 Å². The molecule has 94 valence electrons. The van der Waals surface area contributed by atoms with Crippen LogP contribution in [0.1, 0.15) is 23.0 Å². The smallest absolute Gasteiger partial charge is 0.339 e. The van der Waals surface area contributed by atoms with Gasteiger partial charge in [-0.3, -0.25) is 4.68 Å². The summed E-state index contributed by atoms with van der Waals surface area (Å²) in [6.07, 6.45) is 4.77. The van der Waals surface area contributed by atoms with Crippen LogP contribution in [0.2, 0.25) is 0 Å². The maximum atomic E-state index is 10.8. The fourth-order valence-electron chi connectivity index (χ4n) is 1.47. The van der Waals surface area contributed by atoms with Crippen LogP contribution in [-0.4, -0.2) is 30.8 Å². The summed E-state index contributed by atoms with van der Waals surface area (Å²) in [5.74, 6) is -0.675. The Balaban J connectivity index is 2.19. The van der Waals surface area contributed by atoms with Crippen molar-refractivity contribution in [2.75, 3.05) is 5.32 Å². The Morgan fingerprint density at radius 3 is 2.83 bits per heavy atom. The molecule has 0 spiro atoms. The van der Waals surface area contributed by atoms with Crippen LogP contribution in [0.15, 0.2) is 18.6 Å². The molecule has 0 radical (unpaired) electrons. The number of hydrogen-bond donors (Lipinski definition) is 2. The lowest BCUT2D eigenvalue weighted by Gasteiger charge is -2.04. The number of carboxylic acids is 1. The molecule has 0 saturated heterocycles. The molecular weight excluding hydrogens is 234 g/mol. The highest BCUT2D eigenvalue weighted by atomic mass is 16.4. The summed E-state index contributed by atoms with van der Waals surface area (Å²) in [5.41, 5.74) is 1.28. The molecule has 0 atom stereocenters. The van der Waals surface area contributed by atoms with Gasteiger partial charge in [-0.1, -0.05) is 0 Å². The van der Waals surface area contributed by atoms with Crippen LogP contribution < -0.4 is 5.32 Å². The quantitative estimate of drug-likeness (QED) is 0.849. The second-order valence-corrected chi connectivity index (χ2v) is 3.71. The van der Waals surface area contributed by atoms with Crippen molar-refractivity contribution in [2.45, 2.75) is 20.4 Å². The van der Waals surface area contributed by atoms with Crippen molar-refractivity contribution in [3.63, 3.8) is 0 Å². The van der Waals surface area contributed by atoms with Gasteiger partial charge in [0.15, 0.2) is 0 Å². The summed E-state index contributed by atoms with van der Waals surface area (Å²) in [6, 6.07) is 0. The Bertz CT molecular complexity index is 579. The van der Waals surface area contributed by atoms with Gasteiger partial charge >= 0.3 is 5.97 Å². The molecule has 0 amide bonds. The van der Waals surface area contributed by atoms with E-state index < -0.39 is 5.97 Å². The minimum Gasteiger partial charge on any atom is -0.478 e. The minimum absolute atomic E-state index is 0.102. The SMILES string of the molecule is CCn1cc(Nc2ncc(C(=O)O)c(C)n2)cn1. The molecule has 0 saturated carbocycles. The number of anilines is 2. The monoisotopic (exact) mass is 247 g/mol. The van der Waals surface area contributed by atoms with Crippen LogP contribution in [0, 0.1) is 6.92 Å². The van der Waals surface area contributed by atoms with Crippen LogP contribution in [0.3, 0.4) is 0 Å². The molecule has 0 aliphatic heterocycles. The number of aryl methyl sites for hydroxylation is 2. The van der Waals surface area contributed by atoms with Crippen LogP contribution in [0.4, 0.5) is 11.6 Å². The molecule has 0 aromatic carbocycles. The Labute approximate surface area is 104 Å². The van der Waals surface area contributed by atoms with E-state index in [1.807, 2.05) is 13.1 Å². The zero-order valence-electron chi connectivity index (χ0n) is 10.1. The molecule has 0 aliphatic rings. The third-order valence-electron chi connectivity index (χ3n) is 2.42. The van der Waals surface area contributed by atoms with Gasteiger partial charge < -0.3 is 10.4 Å². The molecule has 2 heterocycles. The third-order valence-corrected chi connectivity index (χ3v) is 2.42. The van der Waals surface area contributed by atoms with Crippen molar-refractivity contribution >= 4 is 17.6 Å². The second kappa shape index (κ2) is 4.82. The average Bonchev–Trinajstić information content (AvgIpc) is 2.76. The van der Waals surface area contributed by atoms with Gasteiger partial charge in [0.2, 0.25) is 5.95 Å². The average molecular weight is 247 g/mol. The molecule has 7 nitrogen and oxygen atoms in total. The summed E-state index contributed by atoms with van der Waals surface area (Å²) < 4.78 is 1.76. The summed E-state index contributed by atoms with van der Waals surface area (Å²) in [5, 5.41) is 15.9. The number of carbonyl (C=O) groups is 1. The number of nitrogens with one attached hydrogen (secondary N) is 1. The number of aromatic carboxylic acids is 1. The third kappa shape index (κ3) is 2.45. The first kappa shape index (κ1) is 12.0. The zero-order chi connectivity index (χ0) is 13.1. The Morgan fingerprint density at radius 1 is 1.50 bits per heavy atom. The van der Waals surface area contributed by atoms with Gasteiger partial charge in [0.25, 0.3) is 0 Å². The molecule has 2 rings (SSSR count). The first-order valence-electron chi connectivity index (χ1n) is 5.46. The van der Waals surface area contributed by atoms with E-state index in [1.54, 1.807) is 17.8 Å². The molecule has 2 aromatic heterocycles. The van der Waals surface area contributed by atoms with E-state index in [0.717, 1.165) is 12.2 Å². The molecular formula is C11H13N5O2. The van der Waals surface area contributed by atoms with Crippen LogP contribution >= 0.6 is 0 Å². The van der Waals surface area contributed by atoms with E-state index in [1.165, 1.54) is 6.20 Å². The van der Waals surface area contributed by atoms with Gasteiger partial charge in [-0.25, -0.2) is 14.8 Å². The largest absolute Gasteiger partial charge is 0.478 e. The van der Waals surface area contributed by atoms with Gasteiger partial charge in [-0.15, -0.1) is 0 Å². The molecule has 0 fully saturated rings. The van der Waals surface area contributed by atoms with Gasteiger partial charge in [-0.2, -0.15) is 5.10 Å². The normalized spacial score (nSPS) is 10.3. The lowest BCUT2D eigenvalue weighted by molar-refractivity contribution is 0.0695. The van der Waals surface area contributed by atoms with E-state index in [2.05, 4.69) is 20.4 Å². The molecule has 2 aromatic rings. The summed E-state index contributed by atoms with van der Waals surface area (Å²) in [6.45, 7) is 4.39. The first-order valence-corrected chi connectivity index (χ1v) is 5.46. The van der Waals surface area contributed by atoms with Crippen LogP contribution in [0.5, 0.6) is 0 Å². The van der Waals surface area contributed by atoms with E-state index in [-0.39, 0.29) is 5.56 Å². The molecule has 7 heteroatoms. The van der Waals surface area contributed by atoms with Crippen molar-refractivity contribution in [3.8, 4) is 0 Å². The number of rotatable bonds is 4. The standard InChI is InChI=1S/C11H13N5O2/c1-3-16-6-8(4-13-16)15-11-12-5-9(10(17)18)7(2)14-11/h4-6H,3H2,1-2H3,(H,17,18)(H,12,14,15). The van der Waals surface area contributed by atoms with E-state index in [4.69, 9.17) is 5.11 Å². The predicted molar refractivity (Wildman–Crippen MR) is 64.9 cm³/mol. The zero-order valence-corrected chi connectivity index (χ0v) is 10.1. The Hall–Kier alpha value is -2.44. The summed E-state index contributed by atoms with van der Waals surface area (Å²) in [7, 11) is 0. The van der Waals surface area contributed by atoms with Crippen molar-refractivity contribution in [2.24, 2.45) is 0 Å². The lowest BCUT2D eigenvalue weighted by Crippen LogP contribution is -2.05. The first-order chi connectivity index (χ1) is 8.60. The minimum atomic E-state index is -1.03. The predicted octanol–water partition coefficient (Wildman–Crippen LogP) is 1.44. The van der Waals surface area contributed by atoms with Gasteiger partial charge in [0.05, 0.1) is 23.1 Å². The van der Waals surface area contributed by atoms with E-state index in [0.29, 0.717) is 11.6 Å². The number of hydrogen-bond acceptors (Lipinski definition) is 5. The highest BCUT2D eigenvalue weighted by Gasteiger charge is 2.10. The van der Waals surface area contributed by atoms with Crippen molar-refractivity contribution < 1.29 is 9.90 Å². The number of aromatic nitrogens is 4. The van der Waals surface area contributed by atoms with Gasteiger partial charge in [0, 0.05) is 18.9 Å². The molecule has 18 heavy (non-hydrogen) atoms. The molecule has 0 unspecified atom stereocenters. The van der Waals surface area contributed by atoms with Crippen LogP contribution in [-0.2, 0) is 6.54 Å². The second-order valence-electron chi connectivity index (χ2n) is 3.71. The maximum absolute atomic E-state index is 10.8. The van der Waals surface area contributed by atoms with Crippen molar-refractivity contribution in [3.05, 3.63) is 29.8 Å². The summed E-state index contributed by atoms with van der Waals surface area (Å²) in [4.78, 5) is 18.9. The van der Waals surface area contributed by atoms with E-state index in [9.17, 15) is 4.79 Å². The van der Waals surface area contributed by atoms with Crippen molar-refractivity contribution in [1.82, 2.24) is 19.7 Å². The van der Waals surface area contributed by atoms with E-state index >= 15 is 0 Å². The van der Waals surface area contributed by atoms with Gasteiger partial charge in [-0.05, 0) is 13.8 Å². The molecule has 2 N–H and O–H groups in total. The molecule has 0 bridgehead atoms. The lowest BCUT2D eigenvalue weighted by atomic mass is 10.2. The van der Waals surface area contributed by atoms with Crippen LogP contribution in [0.25, 0.3) is 0 Å². The summed E-state index contributed by atoms with van der Waals surface area (Å²) >= 11 is 0. The topological polar surface area (TPSA) is 92.9 Å². The maximum Gasteiger partial charge on any atom is 0.339 e. The Kier molecular flexibility index (Phi) is 3.22. The fraction of sp³-hybridized carbons (Fsp3) is 0.273. The Morgan fingerprint density at radius 2 is 2.28 bits per heavy atom. The fourth-order valence-corrected chi connectivity index (χ4v) is 1.47. The number of carboxylic acid groups (broad SMARTS) is 1. The number of nitrogens with zero attached hydrogens (tertiary/aromatic N) is 4. The highest BCUT2D eigenvalue weighted by Crippen LogP contribution is 2.13. The molecule has 0 aliphatic carbocycles.